The summed E-state index contributed by atoms with van der Waals surface area (Å²) < 4.78 is 5.05. The van der Waals surface area contributed by atoms with Gasteiger partial charge in [0.15, 0.2) is 0 Å². The molecule has 7 heteroatoms. The van der Waals surface area contributed by atoms with Gasteiger partial charge < -0.3 is 21.1 Å². The van der Waals surface area contributed by atoms with E-state index in [-0.39, 0.29) is 36.7 Å². The normalized spacial score (nSPS) is 11.2. The zero-order valence-corrected chi connectivity index (χ0v) is 13.0. The maximum atomic E-state index is 11.7. The highest BCUT2D eigenvalue weighted by Crippen LogP contribution is 2.14. The van der Waals surface area contributed by atoms with Gasteiger partial charge in [-0.3, -0.25) is 9.59 Å². The van der Waals surface area contributed by atoms with Crippen LogP contribution < -0.4 is 16.4 Å². The number of halogens is 1. The Morgan fingerprint density at radius 3 is 2.00 bits per heavy atom. The number of hydrogen-bond acceptors (Lipinski definition) is 4. The van der Waals surface area contributed by atoms with E-state index in [1.165, 1.54) is 7.11 Å². The highest BCUT2D eigenvalue weighted by molar-refractivity contribution is 5.93. The third kappa shape index (κ3) is 7.08. The van der Waals surface area contributed by atoms with Gasteiger partial charge in [-0.2, -0.15) is 0 Å². The molecule has 0 aliphatic heterocycles. The van der Waals surface area contributed by atoms with Gasteiger partial charge in [0.1, 0.15) is 0 Å². The molecule has 2 amide bonds. The molecular weight excluding hydrogens is 294 g/mol. The van der Waals surface area contributed by atoms with E-state index in [0.29, 0.717) is 24.3 Å². The number of carbonyl (C=O) groups is 2. The fraction of sp³-hybridized carbons (Fsp3) is 0.429. The lowest BCUT2D eigenvalue weighted by Crippen LogP contribution is -2.28. The Hall–Kier alpha value is -1.63. The molecule has 1 aromatic carbocycles. The summed E-state index contributed by atoms with van der Waals surface area (Å²) in [5.41, 5.74) is 6.82. The molecule has 0 saturated heterocycles. The maximum absolute atomic E-state index is 11.7. The van der Waals surface area contributed by atoms with Crippen molar-refractivity contribution < 1.29 is 14.3 Å². The molecule has 4 N–H and O–H groups in total. The molecule has 1 rings (SSSR count). The Kier molecular flexibility index (Phi) is 9.36. The Morgan fingerprint density at radius 2 is 1.62 bits per heavy atom. The van der Waals surface area contributed by atoms with Gasteiger partial charge in [0.25, 0.3) is 0 Å². The van der Waals surface area contributed by atoms with Crippen LogP contribution >= 0.6 is 12.4 Å². The van der Waals surface area contributed by atoms with E-state index >= 15 is 0 Å². The van der Waals surface area contributed by atoms with E-state index in [2.05, 4.69) is 10.6 Å². The van der Waals surface area contributed by atoms with Crippen molar-refractivity contribution in [2.45, 2.75) is 25.9 Å². The van der Waals surface area contributed by atoms with Crippen molar-refractivity contribution in [3.8, 4) is 0 Å². The van der Waals surface area contributed by atoms with Crippen LogP contribution in [0, 0.1) is 0 Å². The molecule has 1 unspecified atom stereocenters. The van der Waals surface area contributed by atoms with E-state index in [1.54, 1.807) is 31.2 Å². The fourth-order valence-corrected chi connectivity index (χ4v) is 1.57. The van der Waals surface area contributed by atoms with Gasteiger partial charge in [0.2, 0.25) is 11.8 Å². The number of rotatable bonds is 7. The molecule has 0 aliphatic carbocycles. The van der Waals surface area contributed by atoms with E-state index in [9.17, 15) is 9.59 Å². The zero-order chi connectivity index (χ0) is 15.0. The SMILES string of the molecule is CCC(=O)Nc1ccc(NC(=O)CC(CN)OC)cc1.Cl. The molecule has 0 spiro atoms. The molecule has 0 radical (unpaired) electrons. The Labute approximate surface area is 130 Å². The molecule has 1 aromatic rings. The third-order valence-corrected chi connectivity index (χ3v) is 2.78. The Balaban J connectivity index is 0.00000400. The summed E-state index contributed by atoms with van der Waals surface area (Å²) in [6, 6.07) is 6.93. The summed E-state index contributed by atoms with van der Waals surface area (Å²) in [5.74, 6) is -0.208. The predicted octanol–water partition coefficient (Wildman–Crippen LogP) is 1.76. The number of amides is 2. The summed E-state index contributed by atoms with van der Waals surface area (Å²) in [7, 11) is 1.52. The standard InChI is InChI=1S/C14H21N3O3.ClH/c1-3-13(18)16-10-4-6-11(7-5-10)17-14(19)8-12(9-15)20-2;/h4-7,12H,3,8-9,15H2,1-2H3,(H,16,18)(H,17,19);1H. The molecule has 0 aromatic heterocycles. The van der Waals surface area contributed by atoms with E-state index in [4.69, 9.17) is 10.5 Å². The first-order valence-electron chi connectivity index (χ1n) is 6.51. The maximum Gasteiger partial charge on any atom is 0.227 e. The third-order valence-electron chi connectivity index (χ3n) is 2.78. The lowest BCUT2D eigenvalue weighted by atomic mass is 10.2. The minimum atomic E-state index is -0.280. The number of benzene rings is 1. The molecule has 0 saturated carbocycles. The molecule has 6 nitrogen and oxygen atoms in total. The number of methoxy groups -OCH3 is 1. The minimum Gasteiger partial charge on any atom is -0.380 e. The molecule has 0 aliphatic rings. The van der Waals surface area contributed by atoms with Gasteiger partial charge in [-0.25, -0.2) is 0 Å². The van der Waals surface area contributed by atoms with Crippen molar-refractivity contribution in [2.75, 3.05) is 24.3 Å². The fourth-order valence-electron chi connectivity index (χ4n) is 1.57. The number of carbonyl (C=O) groups excluding carboxylic acids is 2. The van der Waals surface area contributed by atoms with Crippen molar-refractivity contribution in [3.63, 3.8) is 0 Å². The van der Waals surface area contributed by atoms with Crippen LogP contribution in [-0.4, -0.2) is 31.6 Å². The number of ether oxygens (including phenoxy) is 1. The van der Waals surface area contributed by atoms with E-state index in [1.807, 2.05) is 0 Å². The highest BCUT2D eigenvalue weighted by Gasteiger charge is 2.11. The van der Waals surface area contributed by atoms with Gasteiger partial charge in [-0.05, 0) is 24.3 Å². The number of nitrogens with two attached hydrogens (primary N) is 1. The van der Waals surface area contributed by atoms with Gasteiger partial charge in [0, 0.05) is 31.5 Å². The molecule has 0 bridgehead atoms. The summed E-state index contributed by atoms with van der Waals surface area (Å²) >= 11 is 0. The number of nitrogens with one attached hydrogen (secondary N) is 2. The van der Waals surface area contributed by atoms with Crippen molar-refractivity contribution >= 4 is 35.6 Å². The average Bonchev–Trinajstić information content (AvgIpc) is 2.46. The summed E-state index contributed by atoms with van der Waals surface area (Å²) in [5, 5.41) is 5.48. The molecule has 21 heavy (non-hydrogen) atoms. The second-order valence-corrected chi connectivity index (χ2v) is 4.32. The molecule has 0 fully saturated rings. The zero-order valence-electron chi connectivity index (χ0n) is 12.2. The van der Waals surface area contributed by atoms with Crippen molar-refractivity contribution in [2.24, 2.45) is 5.73 Å². The van der Waals surface area contributed by atoms with Crippen LogP contribution in [0.4, 0.5) is 11.4 Å². The van der Waals surface area contributed by atoms with Crippen LogP contribution in [0.2, 0.25) is 0 Å². The van der Waals surface area contributed by atoms with Crippen molar-refractivity contribution in [1.82, 2.24) is 0 Å². The van der Waals surface area contributed by atoms with Gasteiger partial charge in [0.05, 0.1) is 12.5 Å². The van der Waals surface area contributed by atoms with E-state index in [0.717, 1.165) is 0 Å². The number of hydrogen-bond donors (Lipinski definition) is 3. The summed E-state index contributed by atoms with van der Waals surface area (Å²) in [4.78, 5) is 23.0. The Morgan fingerprint density at radius 1 is 1.14 bits per heavy atom. The van der Waals surface area contributed by atoms with Crippen LogP contribution in [0.5, 0.6) is 0 Å². The molecule has 118 valence electrons. The highest BCUT2D eigenvalue weighted by atomic mass is 35.5. The van der Waals surface area contributed by atoms with Gasteiger partial charge >= 0.3 is 0 Å². The monoisotopic (exact) mass is 315 g/mol. The van der Waals surface area contributed by atoms with Crippen LogP contribution in [0.15, 0.2) is 24.3 Å². The quantitative estimate of drug-likeness (QED) is 0.714. The van der Waals surface area contributed by atoms with Gasteiger partial charge in [-0.1, -0.05) is 6.92 Å². The topological polar surface area (TPSA) is 93.5 Å². The lowest BCUT2D eigenvalue weighted by Gasteiger charge is -2.12. The smallest absolute Gasteiger partial charge is 0.227 e. The number of anilines is 2. The summed E-state index contributed by atoms with van der Waals surface area (Å²) in [6.45, 7) is 2.08. The summed E-state index contributed by atoms with van der Waals surface area (Å²) in [6.07, 6.45) is 0.357. The molecular formula is C14H22ClN3O3. The van der Waals surface area contributed by atoms with Crippen molar-refractivity contribution in [3.05, 3.63) is 24.3 Å². The van der Waals surface area contributed by atoms with Gasteiger partial charge in [-0.15, -0.1) is 12.4 Å². The van der Waals surface area contributed by atoms with Crippen molar-refractivity contribution in [1.29, 1.82) is 0 Å². The van der Waals surface area contributed by atoms with E-state index < -0.39 is 0 Å². The Bertz CT molecular complexity index is 447. The van der Waals surface area contributed by atoms with Crippen LogP contribution in [0.25, 0.3) is 0 Å². The predicted molar refractivity (Wildman–Crippen MR) is 85.7 cm³/mol. The second-order valence-electron chi connectivity index (χ2n) is 4.32. The second kappa shape index (κ2) is 10.1. The van der Waals surface area contributed by atoms with Crippen LogP contribution in [0.1, 0.15) is 19.8 Å². The first-order chi connectivity index (χ1) is 9.58. The molecule has 1 atom stereocenters. The van der Waals surface area contributed by atoms with Crippen LogP contribution in [-0.2, 0) is 14.3 Å². The first kappa shape index (κ1) is 19.4. The minimum absolute atomic E-state index is 0. The average molecular weight is 316 g/mol. The molecule has 0 heterocycles. The largest absolute Gasteiger partial charge is 0.380 e. The van der Waals surface area contributed by atoms with Crippen LogP contribution in [0.3, 0.4) is 0 Å². The first-order valence-corrected chi connectivity index (χ1v) is 6.51. The lowest BCUT2D eigenvalue weighted by molar-refractivity contribution is -0.118.